The third-order valence-corrected chi connectivity index (χ3v) is 4.99. The van der Waals surface area contributed by atoms with Crippen LogP contribution < -0.4 is 15.5 Å². The Morgan fingerprint density at radius 1 is 1.03 bits per heavy atom. The van der Waals surface area contributed by atoms with Gasteiger partial charge in [-0.05, 0) is 24.3 Å². The molecule has 0 atom stereocenters. The zero-order valence-electron chi connectivity index (χ0n) is 18.7. The summed E-state index contributed by atoms with van der Waals surface area (Å²) in [5.41, 5.74) is -8.48. The summed E-state index contributed by atoms with van der Waals surface area (Å²) in [7, 11) is 0. The Hall–Kier alpha value is -4.08. The topological polar surface area (TPSA) is 106 Å². The van der Waals surface area contributed by atoms with E-state index < -0.39 is 66.3 Å². The molecule has 38 heavy (non-hydrogen) atoms. The van der Waals surface area contributed by atoms with Crippen molar-refractivity contribution in [3.05, 3.63) is 70.3 Å². The Bertz CT molecular complexity index is 1330. The molecule has 0 fully saturated rings. The maximum Gasteiger partial charge on any atom is 0.333 e. The van der Waals surface area contributed by atoms with E-state index in [2.05, 4.69) is 15.4 Å². The fraction of sp³-hybridized carbons (Fsp3) is 0.273. The minimum absolute atomic E-state index is 0.0394. The SMILES string of the molecule is O=C(Nc1ccc(C(O)(C(F)F)C(F)F)nc1)c1cn(C(F)F)nc(-c2ccccc2OCC(F)F)c1=O. The molecule has 2 aromatic heterocycles. The molecule has 0 aliphatic carbocycles. The first-order chi connectivity index (χ1) is 17.9. The van der Waals surface area contributed by atoms with Gasteiger partial charge >= 0.3 is 6.55 Å². The van der Waals surface area contributed by atoms with Crippen molar-refractivity contribution >= 4 is 11.6 Å². The van der Waals surface area contributed by atoms with Gasteiger partial charge in [0.15, 0.2) is 0 Å². The summed E-state index contributed by atoms with van der Waals surface area (Å²) in [6, 6.07) is 6.39. The molecule has 2 N–H and O–H groups in total. The highest BCUT2D eigenvalue weighted by Gasteiger charge is 2.50. The van der Waals surface area contributed by atoms with E-state index >= 15 is 0 Å². The number of hydrogen-bond acceptors (Lipinski definition) is 6. The predicted octanol–water partition coefficient (Wildman–Crippen LogP) is 4.31. The first kappa shape index (κ1) is 28.5. The molecular weight excluding hydrogens is 536 g/mol. The van der Waals surface area contributed by atoms with Crippen LogP contribution >= 0.6 is 0 Å². The van der Waals surface area contributed by atoms with Crippen molar-refractivity contribution in [3.63, 3.8) is 0 Å². The number of carbonyl (C=O) groups is 1. The number of nitrogens with one attached hydrogen (secondary N) is 1. The third kappa shape index (κ3) is 5.90. The number of halogens is 8. The average Bonchev–Trinajstić information content (AvgIpc) is 2.87. The lowest BCUT2D eigenvalue weighted by Gasteiger charge is -2.25. The minimum atomic E-state index is -3.91. The van der Waals surface area contributed by atoms with E-state index in [-0.39, 0.29) is 21.7 Å². The van der Waals surface area contributed by atoms with Gasteiger partial charge in [0.2, 0.25) is 11.0 Å². The summed E-state index contributed by atoms with van der Waals surface area (Å²) < 4.78 is 109. The number of anilines is 1. The quantitative estimate of drug-likeness (QED) is 0.363. The highest BCUT2D eigenvalue weighted by Crippen LogP contribution is 2.34. The van der Waals surface area contributed by atoms with Gasteiger partial charge in [0.05, 0.1) is 17.6 Å². The van der Waals surface area contributed by atoms with Crippen molar-refractivity contribution in [2.75, 3.05) is 11.9 Å². The summed E-state index contributed by atoms with van der Waals surface area (Å²) >= 11 is 0. The molecule has 0 aliphatic heterocycles. The molecule has 3 rings (SSSR count). The molecule has 204 valence electrons. The largest absolute Gasteiger partial charge is 0.487 e. The maximum absolute atomic E-state index is 13.5. The van der Waals surface area contributed by atoms with Crippen LogP contribution in [0.3, 0.4) is 0 Å². The van der Waals surface area contributed by atoms with Gasteiger partial charge in [0.1, 0.15) is 23.6 Å². The van der Waals surface area contributed by atoms with E-state index in [1.165, 1.54) is 18.2 Å². The van der Waals surface area contributed by atoms with Crippen LogP contribution in [0.25, 0.3) is 11.3 Å². The lowest BCUT2D eigenvalue weighted by Crippen LogP contribution is -2.42. The van der Waals surface area contributed by atoms with E-state index in [0.717, 1.165) is 12.1 Å². The van der Waals surface area contributed by atoms with Crippen molar-refractivity contribution in [2.24, 2.45) is 0 Å². The fourth-order valence-electron chi connectivity index (χ4n) is 3.11. The van der Waals surface area contributed by atoms with E-state index in [9.17, 15) is 49.8 Å². The molecule has 0 aliphatic rings. The summed E-state index contributed by atoms with van der Waals surface area (Å²) in [6.07, 6.45) is -9.70. The van der Waals surface area contributed by atoms with Crippen LogP contribution in [-0.2, 0) is 5.60 Å². The monoisotopic (exact) mass is 552 g/mol. The number of carbonyl (C=O) groups excluding carboxylic acids is 1. The number of aliphatic hydroxyl groups is 1. The smallest absolute Gasteiger partial charge is 0.333 e. The number of alkyl halides is 8. The van der Waals surface area contributed by atoms with E-state index in [0.29, 0.717) is 18.5 Å². The van der Waals surface area contributed by atoms with Gasteiger partial charge in [-0.3, -0.25) is 14.6 Å². The molecule has 16 heteroatoms. The van der Waals surface area contributed by atoms with E-state index in [4.69, 9.17) is 4.74 Å². The number of benzene rings is 1. The molecule has 0 radical (unpaired) electrons. The van der Waals surface area contributed by atoms with Gasteiger partial charge in [-0.2, -0.15) is 13.9 Å². The van der Waals surface area contributed by atoms with Crippen molar-refractivity contribution < 1.29 is 49.8 Å². The fourth-order valence-corrected chi connectivity index (χ4v) is 3.11. The first-order valence-electron chi connectivity index (χ1n) is 10.3. The number of para-hydroxylation sites is 1. The lowest BCUT2D eigenvalue weighted by atomic mass is 10.0. The van der Waals surface area contributed by atoms with Crippen LogP contribution in [0.5, 0.6) is 5.75 Å². The second-order valence-electron chi connectivity index (χ2n) is 7.49. The van der Waals surface area contributed by atoms with Crippen LogP contribution in [0.4, 0.5) is 40.8 Å². The van der Waals surface area contributed by atoms with Crippen LogP contribution in [0.1, 0.15) is 22.6 Å². The van der Waals surface area contributed by atoms with Crippen molar-refractivity contribution in [1.29, 1.82) is 0 Å². The van der Waals surface area contributed by atoms with Crippen molar-refractivity contribution in [3.8, 4) is 17.0 Å². The number of ether oxygens (including phenoxy) is 1. The van der Waals surface area contributed by atoms with E-state index in [1.54, 1.807) is 0 Å². The number of nitrogens with zero attached hydrogens (tertiary/aromatic N) is 3. The lowest BCUT2D eigenvalue weighted by molar-refractivity contribution is -0.185. The second-order valence-corrected chi connectivity index (χ2v) is 7.49. The summed E-state index contributed by atoms with van der Waals surface area (Å²) in [5, 5.41) is 15.2. The molecule has 0 unspecified atom stereocenters. The number of pyridine rings is 1. The van der Waals surface area contributed by atoms with Gasteiger partial charge in [0, 0.05) is 11.8 Å². The molecule has 0 saturated heterocycles. The standard InChI is InChI=1S/C22H16F8N4O4/c23-15(24)9-38-13-4-2-1-3-11(13)16-17(35)12(8-34(33-16)21(29)30)18(36)32-10-5-6-14(31-7-10)22(37,19(25)26)20(27)28/h1-8,15,19-21,37H,9H2,(H,32,36). The minimum Gasteiger partial charge on any atom is -0.487 e. The van der Waals surface area contributed by atoms with Crippen LogP contribution in [0.15, 0.2) is 53.6 Å². The van der Waals surface area contributed by atoms with E-state index in [1.807, 2.05) is 0 Å². The van der Waals surface area contributed by atoms with Crippen LogP contribution in [0.2, 0.25) is 0 Å². The number of aromatic nitrogens is 3. The van der Waals surface area contributed by atoms with Crippen LogP contribution in [-0.4, -0.2) is 51.7 Å². The first-order valence-corrected chi connectivity index (χ1v) is 10.3. The number of rotatable bonds is 10. The average molecular weight is 552 g/mol. The predicted molar refractivity (Wildman–Crippen MR) is 115 cm³/mol. The van der Waals surface area contributed by atoms with Gasteiger partial charge < -0.3 is 15.2 Å². The maximum atomic E-state index is 13.5. The molecular formula is C22H16F8N4O4. The normalized spacial score (nSPS) is 12.0. The third-order valence-electron chi connectivity index (χ3n) is 4.99. The zero-order valence-corrected chi connectivity index (χ0v) is 18.7. The second kappa shape index (κ2) is 11.5. The summed E-state index contributed by atoms with van der Waals surface area (Å²) in [5.74, 6) is -1.62. The molecule has 1 amide bonds. The molecule has 1 aromatic carbocycles. The van der Waals surface area contributed by atoms with Gasteiger partial charge in [-0.15, -0.1) is 0 Å². The van der Waals surface area contributed by atoms with Gasteiger partial charge in [-0.1, -0.05) is 12.1 Å². The Kier molecular flexibility index (Phi) is 8.65. The van der Waals surface area contributed by atoms with Gasteiger partial charge in [0.25, 0.3) is 25.2 Å². The molecule has 0 bridgehead atoms. The Morgan fingerprint density at radius 3 is 2.24 bits per heavy atom. The Morgan fingerprint density at radius 2 is 1.68 bits per heavy atom. The van der Waals surface area contributed by atoms with Crippen LogP contribution in [0, 0.1) is 0 Å². The van der Waals surface area contributed by atoms with Crippen molar-refractivity contribution in [2.45, 2.75) is 31.4 Å². The molecule has 0 saturated carbocycles. The highest BCUT2D eigenvalue weighted by molar-refractivity contribution is 6.04. The highest BCUT2D eigenvalue weighted by atomic mass is 19.3. The molecule has 0 spiro atoms. The van der Waals surface area contributed by atoms with Gasteiger partial charge in [-0.25, -0.2) is 31.0 Å². The zero-order chi connectivity index (χ0) is 28.2. The Balaban J connectivity index is 1.99. The molecule has 2 heterocycles. The molecule has 8 nitrogen and oxygen atoms in total. The molecule has 3 aromatic rings. The summed E-state index contributed by atoms with van der Waals surface area (Å²) in [6.45, 7) is -4.44. The summed E-state index contributed by atoms with van der Waals surface area (Å²) in [4.78, 5) is 29.0. The number of amides is 1. The Labute approximate surface area is 207 Å². The number of hydrogen-bond donors (Lipinski definition) is 2. The van der Waals surface area contributed by atoms with Crippen molar-refractivity contribution in [1.82, 2.24) is 14.8 Å².